The predicted octanol–water partition coefficient (Wildman–Crippen LogP) is 5.84. The fourth-order valence-corrected chi connectivity index (χ4v) is 4.09. The third-order valence-corrected chi connectivity index (χ3v) is 5.99. The van der Waals surface area contributed by atoms with Crippen molar-refractivity contribution in [1.29, 1.82) is 0 Å². The van der Waals surface area contributed by atoms with Crippen molar-refractivity contribution >= 4 is 17.7 Å². The Bertz CT molecular complexity index is 1110. The zero-order chi connectivity index (χ0) is 26.6. The molecule has 0 heterocycles. The summed E-state index contributed by atoms with van der Waals surface area (Å²) >= 11 is 0. The number of nitrogens with two attached hydrogens (primary N) is 1. The van der Waals surface area contributed by atoms with E-state index < -0.39 is 0 Å². The number of guanidine groups is 1. The first-order chi connectivity index (χ1) is 18.0. The van der Waals surface area contributed by atoms with Gasteiger partial charge < -0.3 is 15.2 Å². The predicted molar refractivity (Wildman–Crippen MR) is 150 cm³/mol. The number of rotatable bonds is 11. The minimum absolute atomic E-state index is 0.104. The van der Waals surface area contributed by atoms with E-state index in [-0.39, 0.29) is 12.0 Å². The van der Waals surface area contributed by atoms with Crippen LogP contribution in [0.4, 0.5) is 10.5 Å². The molecule has 0 saturated carbocycles. The number of aliphatic imine (C=N–C) groups is 1. The molecular weight excluding hydrogens is 464 g/mol. The van der Waals surface area contributed by atoms with Crippen LogP contribution in [0.5, 0.6) is 11.5 Å². The Balaban J connectivity index is 2.02. The number of amides is 2. The lowest BCUT2D eigenvalue weighted by atomic mass is 9.99. The highest BCUT2D eigenvalue weighted by Gasteiger charge is 2.25. The topological polar surface area (TPSA) is 89.2 Å². The Hall–Kier alpha value is -4.00. The largest absolute Gasteiger partial charge is 0.488 e. The third-order valence-electron chi connectivity index (χ3n) is 5.99. The molecule has 37 heavy (non-hydrogen) atoms. The van der Waals surface area contributed by atoms with Crippen LogP contribution >= 0.6 is 0 Å². The number of nitrogens with one attached hydrogen (secondary N) is 1. The maximum atomic E-state index is 13.2. The van der Waals surface area contributed by atoms with E-state index >= 15 is 0 Å². The lowest BCUT2D eigenvalue weighted by Crippen LogP contribution is -2.45. The summed E-state index contributed by atoms with van der Waals surface area (Å²) in [5.41, 5.74) is 10.7. The number of anilines is 1. The molecule has 7 nitrogen and oxygen atoms in total. The average molecular weight is 503 g/mol. The first-order valence-corrected chi connectivity index (χ1v) is 12.8. The second-order valence-corrected chi connectivity index (χ2v) is 8.69. The van der Waals surface area contributed by atoms with Crippen LogP contribution in [-0.2, 0) is 26.1 Å². The quantitative estimate of drug-likeness (QED) is 0.255. The van der Waals surface area contributed by atoms with Gasteiger partial charge in [-0.15, -0.1) is 0 Å². The highest BCUT2D eigenvalue weighted by atomic mass is 16.5. The van der Waals surface area contributed by atoms with Gasteiger partial charge in [0.15, 0.2) is 5.96 Å². The molecule has 2 amide bonds. The van der Waals surface area contributed by atoms with Gasteiger partial charge in [-0.05, 0) is 30.4 Å². The van der Waals surface area contributed by atoms with Gasteiger partial charge in [0.25, 0.3) is 0 Å². The molecule has 0 saturated heterocycles. The maximum Gasteiger partial charge on any atom is 0.328 e. The van der Waals surface area contributed by atoms with Gasteiger partial charge in [0.2, 0.25) is 0 Å². The number of benzene rings is 3. The molecule has 196 valence electrons. The molecule has 3 aromatic rings. The Kier molecular flexibility index (Phi) is 10.4. The second kappa shape index (κ2) is 13.9. The molecule has 7 heteroatoms. The molecule has 0 aliphatic carbocycles. The van der Waals surface area contributed by atoms with Crippen LogP contribution in [0.25, 0.3) is 0 Å². The van der Waals surface area contributed by atoms with E-state index in [0.717, 1.165) is 34.4 Å². The minimum atomic E-state index is -0.365. The van der Waals surface area contributed by atoms with Crippen LogP contribution in [0, 0.1) is 0 Å². The summed E-state index contributed by atoms with van der Waals surface area (Å²) in [5, 5.41) is 2.70. The zero-order valence-electron chi connectivity index (χ0n) is 22.3. The highest BCUT2D eigenvalue weighted by molar-refractivity contribution is 6.04. The Morgan fingerprint density at radius 2 is 1.35 bits per heavy atom. The number of hydrogen-bond donors (Lipinski definition) is 2. The lowest BCUT2D eigenvalue weighted by molar-refractivity contribution is 0.251. The number of hydrogen-bond acceptors (Lipinski definition) is 4. The smallest absolute Gasteiger partial charge is 0.328 e. The summed E-state index contributed by atoms with van der Waals surface area (Å²) in [6, 6.07) is 21.6. The molecule has 3 aromatic carbocycles. The molecule has 0 radical (unpaired) electrons. The summed E-state index contributed by atoms with van der Waals surface area (Å²) in [7, 11) is 1.73. The van der Waals surface area contributed by atoms with Crippen molar-refractivity contribution in [3.05, 3.63) is 89.0 Å². The molecule has 3 rings (SSSR count). The van der Waals surface area contributed by atoms with Crippen molar-refractivity contribution < 1.29 is 14.3 Å². The highest BCUT2D eigenvalue weighted by Crippen LogP contribution is 2.41. The van der Waals surface area contributed by atoms with Crippen molar-refractivity contribution in [2.24, 2.45) is 10.7 Å². The Morgan fingerprint density at radius 3 is 1.78 bits per heavy atom. The summed E-state index contributed by atoms with van der Waals surface area (Å²) in [5.74, 6) is 1.48. The number of ether oxygens (including phenoxy) is 2. The third kappa shape index (κ3) is 7.49. The lowest BCUT2D eigenvalue weighted by Gasteiger charge is -2.27. The summed E-state index contributed by atoms with van der Waals surface area (Å²) in [6.45, 7) is 7.48. The van der Waals surface area contributed by atoms with Gasteiger partial charge in [-0.3, -0.25) is 15.2 Å². The van der Waals surface area contributed by atoms with E-state index in [4.69, 9.17) is 15.2 Å². The van der Waals surface area contributed by atoms with Crippen LogP contribution in [0.2, 0.25) is 0 Å². The minimum Gasteiger partial charge on any atom is -0.488 e. The molecule has 0 atom stereocenters. The fourth-order valence-electron chi connectivity index (χ4n) is 4.09. The van der Waals surface area contributed by atoms with Gasteiger partial charge in [-0.1, -0.05) is 81.4 Å². The summed E-state index contributed by atoms with van der Waals surface area (Å²) in [6.07, 6.45) is 2.18. The Labute approximate surface area is 220 Å². The van der Waals surface area contributed by atoms with Gasteiger partial charge in [0.05, 0.1) is 5.69 Å². The first-order valence-electron chi connectivity index (χ1n) is 12.8. The van der Waals surface area contributed by atoms with E-state index in [1.165, 1.54) is 0 Å². The van der Waals surface area contributed by atoms with Crippen molar-refractivity contribution in [3.63, 3.8) is 0 Å². The van der Waals surface area contributed by atoms with Crippen LogP contribution < -0.4 is 25.4 Å². The van der Waals surface area contributed by atoms with Crippen molar-refractivity contribution in [3.8, 4) is 11.5 Å². The molecule has 0 aromatic heterocycles. The van der Waals surface area contributed by atoms with Gasteiger partial charge in [0.1, 0.15) is 24.7 Å². The van der Waals surface area contributed by atoms with Crippen LogP contribution in [0.3, 0.4) is 0 Å². The zero-order valence-corrected chi connectivity index (χ0v) is 22.3. The molecule has 0 bridgehead atoms. The summed E-state index contributed by atoms with van der Waals surface area (Å²) < 4.78 is 12.6. The number of carbonyl (C=O) groups excluding carboxylic acids is 1. The van der Waals surface area contributed by atoms with E-state index in [1.807, 2.05) is 73.7 Å². The second-order valence-electron chi connectivity index (χ2n) is 8.69. The molecule has 0 aliphatic heterocycles. The summed E-state index contributed by atoms with van der Waals surface area (Å²) in [4.78, 5) is 19.0. The van der Waals surface area contributed by atoms with E-state index in [9.17, 15) is 4.79 Å². The monoisotopic (exact) mass is 502 g/mol. The van der Waals surface area contributed by atoms with Gasteiger partial charge in [-0.25, -0.2) is 4.79 Å². The Morgan fingerprint density at radius 1 is 0.865 bits per heavy atom. The van der Waals surface area contributed by atoms with Crippen LogP contribution in [-0.4, -0.2) is 25.6 Å². The molecular formula is C30H38N4O3. The number of nitrogens with zero attached hydrogens (tertiary/aromatic N) is 2. The molecule has 0 unspecified atom stereocenters. The maximum absolute atomic E-state index is 13.2. The standard InChI is InChI=1S/C30H38N4O3/c1-5-18-32-29(31)33-30(35)34(4)28-24(6-2)26(36-20-22-14-10-8-11-15-22)19-27(25(28)7-3)37-21-23-16-12-9-13-17-23/h8-17,19H,5-7,18,20-21H2,1-4H3,(H3,31,32,33,35). The van der Waals surface area contributed by atoms with Gasteiger partial charge >= 0.3 is 6.03 Å². The fraction of sp³-hybridized carbons (Fsp3) is 0.333. The van der Waals surface area contributed by atoms with Crippen LogP contribution in [0.15, 0.2) is 71.7 Å². The normalized spacial score (nSPS) is 11.2. The molecule has 3 N–H and O–H groups in total. The molecule has 0 fully saturated rings. The first kappa shape index (κ1) is 27.6. The number of urea groups is 1. The van der Waals surface area contributed by atoms with Gasteiger partial charge in [-0.2, -0.15) is 0 Å². The molecule has 0 spiro atoms. The van der Waals surface area contributed by atoms with E-state index in [2.05, 4.69) is 24.2 Å². The van der Waals surface area contributed by atoms with Crippen LogP contribution in [0.1, 0.15) is 49.4 Å². The van der Waals surface area contributed by atoms with Crippen molar-refractivity contribution in [2.75, 3.05) is 18.5 Å². The molecule has 0 aliphatic rings. The van der Waals surface area contributed by atoms with Crippen molar-refractivity contribution in [2.45, 2.75) is 53.2 Å². The average Bonchev–Trinajstić information content (AvgIpc) is 2.93. The van der Waals surface area contributed by atoms with E-state index in [1.54, 1.807) is 11.9 Å². The number of carbonyl (C=O) groups is 1. The van der Waals surface area contributed by atoms with Gasteiger partial charge in [0, 0.05) is 30.8 Å². The van der Waals surface area contributed by atoms with E-state index in [0.29, 0.717) is 44.1 Å². The SMILES string of the molecule is CCCN=C(N)NC(=O)N(C)c1c(CC)c(OCc2ccccc2)cc(OCc2ccccc2)c1CC. The van der Waals surface area contributed by atoms with Crippen molar-refractivity contribution in [1.82, 2.24) is 5.32 Å².